The maximum Gasteiger partial charge on any atom is 0.165 e. The van der Waals surface area contributed by atoms with E-state index in [4.69, 9.17) is 10.8 Å². The zero-order valence-electron chi connectivity index (χ0n) is 6.92. The maximum absolute atomic E-state index is 12.8. The van der Waals surface area contributed by atoms with Crippen molar-refractivity contribution in [2.24, 2.45) is 5.73 Å². The molecule has 0 spiro atoms. The highest BCUT2D eigenvalue weighted by Crippen LogP contribution is 2.20. The normalized spacial score (nSPS) is 12.9. The fourth-order valence-corrected chi connectivity index (χ4v) is 0.989. The number of hydrogen-bond donors (Lipinski definition) is 2. The molecule has 0 heterocycles. The van der Waals surface area contributed by atoms with Gasteiger partial charge in [-0.1, -0.05) is 13.0 Å². The highest BCUT2D eigenvalue weighted by molar-refractivity contribution is 5.29. The van der Waals surface area contributed by atoms with Crippen LogP contribution in [0, 0.1) is 5.82 Å². The van der Waals surface area contributed by atoms with Crippen molar-refractivity contribution in [2.75, 3.05) is 0 Å². The standard InChI is InChI=1S/C9H12FNO/c1-2-8(11)6-3-4-9(12)7(10)5-6/h3-5,8,12H,2,11H2,1H3/t8-/m1/s1. The lowest BCUT2D eigenvalue weighted by Crippen LogP contribution is -2.08. The molecular weight excluding hydrogens is 157 g/mol. The minimum absolute atomic E-state index is 0.153. The third-order valence-electron chi connectivity index (χ3n) is 1.84. The summed E-state index contributed by atoms with van der Waals surface area (Å²) in [6, 6.07) is 4.07. The molecule has 12 heavy (non-hydrogen) atoms. The summed E-state index contributed by atoms with van der Waals surface area (Å²) in [5.74, 6) is -0.946. The quantitative estimate of drug-likeness (QED) is 0.710. The molecular formula is C9H12FNO. The van der Waals surface area contributed by atoms with E-state index in [9.17, 15) is 4.39 Å². The summed E-state index contributed by atoms with van der Waals surface area (Å²) >= 11 is 0. The van der Waals surface area contributed by atoms with Gasteiger partial charge in [0, 0.05) is 6.04 Å². The average Bonchev–Trinajstić information content (AvgIpc) is 2.08. The zero-order valence-corrected chi connectivity index (χ0v) is 6.92. The van der Waals surface area contributed by atoms with E-state index in [0.717, 1.165) is 6.42 Å². The summed E-state index contributed by atoms with van der Waals surface area (Å²) in [6.07, 6.45) is 0.754. The molecule has 0 radical (unpaired) electrons. The SMILES string of the molecule is CC[C@@H](N)c1ccc(O)c(F)c1. The van der Waals surface area contributed by atoms with E-state index in [-0.39, 0.29) is 11.8 Å². The Morgan fingerprint density at radius 2 is 2.25 bits per heavy atom. The number of aromatic hydroxyl groups is 1. The fraction of sp³-hybridized carbons (Fsp3) is 0.333. The summed E-state index contributed by atoms with van der Waals surface area (Å²) in [4.78, 5) is 0. The van der Waals surface area contributed by atoms with Crippen molar-refractivity contribution in [3.8, 4) is 5.75 Å². The number of phenolic OH excluding ortho intramolecular Hbond substituents is 1. The molecule has 0 fully saturated rings. The van der Waals surface area contributed by atoms with Gasteiger partial charge in [0.15, 0.2) is 11.6 Å². The van der Waals surface area contributed by atoms with Crippen LogP contribution in [0.3, 0.4) is 0 Å². The first kappa shape index (κ1) is 9.00. The second-order valence-electron chi connectivity index (χ2n) is 2.73. The Morgan fingerprint density at radius 1 is 1.58 bits per heavy atom. The fourth-order valence-electron chi connectivity index (χ4n) is 0.989. The van der Waals surface area contributed by atoms with Crippen molar-refractivity contribution < 1.29 is 9.50 Å². The first-order chi connectivity index (χ1) is 5.65. The van der Waals surface area contributed by atoms with Gasteiger partial charge in [-0.25, -0.2) is 4.39 Å². The van der Waals surface area contributed by atoms with Crippen LogP contribution in [0.4, 0.5) is 4.39 Å². The van der Waals surface area contributed by atoms with E-state index < -0.39 is 5.82 Å². The molecule has 2 nitrogen and oxygen atoms in total. The van der Waals surface area contributed by atoms with Crippen LogP contribution in [-0.4, -0.2) is 5.11 Å². The van der Waals surface area contributed by atoms with Gasteiger partial charge in [0.2, 0.25) is 0 Å². The molecule has 1 rings (SSSR count). The number of halogens is 1. The van der Waals surface area contributed by atoms with Gasteiger partial charge in [-0.05, 0) is 24.1 Å². The third-order valence-corrected chi connectivity index (χ3v) is 1.84. The lowest BCUT2D eigenvalue weighted by molar-refractivity contribution is 0.431. The van der Waals surface area contributed by atoms with Gasteiger partial charge in [0.1, 0.15) is 0 Å². The molecule has 0 saturated heterocycles. The topological polar surface area (TPSA) is 46.2 Å². The van der Waals surface area contributed by atoms with Crippen LogP contribution in [0.25, 0.3) is 0 Å². The van der Waals surface area contributed by atoms with Crippen molar-refractivity contribution in [2.45, 2.75) is 19.4 Å². The molecule has 3 N–H and O–H groups in total. The van der Waals surface area contributed by atoms with Crippen molar-refractivity contribution in [3.05, 3.63) is 29.6 Å². The maximum atomic E-state index is 12.8. The molecule has 0 saturated carbocycles. The number of phenols is 1. The summed E-state index contributed by atoms with van der Waals surface area (Å²) in [6.45, 7) is 1.93. The molecule has 66 valence electrons. The van der Waals surface area contributed by atoms with Gasteiger partial charge >= 0.3 is 0 Å². The number of nitrogens with two attached hydrogens (primary N) is 1. The van der Waals surface area contributed by atoms with Gasteiger partial charge in [-0.3, -0.25) is 0 Å². The van der Waals surface area contributed by atoms with Crippen LogP contribution in [0.15, 0.2) is 18.2 Å². The molecule has 0 aliphatic heterocycles. The molecule has 1 atom stereocenters. The van der Waals surface area contributed by atoms with Crippen molar-refractivity contribution in [1.29, 1.82) is 0 Å². The average molecular weight is 169 g/mol. The Labute approximate surface area is 70.8 Å². The molecule has 1 aromatic carbocycles. The molecule has 0 aliphatic carbocycles. The molecule has 0 aromatic heterocycles. The van der Waals surface area contributed by atoms with Crippen LogP contribution in [0.1, 0.15) is 24.9 Å². The highest BCUT2D eigenvalue weighted by atomic mass is 19.1. The van der Waals surface area contributed by atoms with Crippen molar-refractivity contribution in [3.63, 3.8) is 0 Å². The molecule has 3 heteroatoms. The largest absolute Gasteiger partial charge is 0.505 e. The predicted molar refractivity (Wildman–Crippen MR) is 45.3 cm³/mol. The highest BCUT2D eigenvalue weighted by Gasteiger charge is 2.06. The Morgan fingerprint density at radius 3 is 2.75 bits per heavy atom. The number of benzene rings is 1. The Bertz CT molecular complexity index is 275. The summed E-state index contributed by atoms with van der Waals surface area (Å²) < 4.78 is 12.8. The minimum atomic E-state index is -0.614. The second kappa shape index (κ2) is 3.54. The van der Waals surface area contributed by atoms with Crippen LogP contribution in [0.5, 0.6) is 5.75 Å². The van der Waals surface area contributed by atoms with E-state index in [1.54, 1.807) is 6.07 Å². The van der Waals surface area contributed by atoms with Crippen molar-refractivity contribution in [1.82, 2.24) is 0 Å². The predicted octanol–water partition coefficient (Wildman–Crippen LogP) is 1.94. The third kappa shape index (κ3) is 1.74. The summed E-state index contributed by atoms with van der Waals surface area (Å²) in [5, 5.41) is 8.88. The minimum Gasteiger partial charge on any atom is -0.505 e. The van der Waals surface area contributed by atoms with Gasteiger partial charge in [0.05, 0.1) is 0 Å². The molecule has 1 aromatic rings. The Hall–Kier alpha value is -1.09. The lowest BCUT2D eigenvalue weighted by Gasteiger charge is -2.08. The van der Waals surface area contributed by atoms with E-state index in [0.29, 0.717) is 5.56 Å². The first-order valence-electron chi connectivity index (χ1n) is 3.89. The van der Waals surface area contributed by atoms with E-state index in [2.05, 4.69) is 0 Å². The lowest BCUT2D eigenvalue weighted by atomic mass is 10.1. The smallest absolute Gasteiger partial charge is 0.165 e. The van der Waals surface area contributed by atoms with Crippen molar-refractivity contribution >= 4 is 0 Å². The summed E-state index contributed by atoms with van der Waals surface area (Å²) in [5.41, 5.74) is 6.38. The Kier molecular flexibility index (Phi) is 2.65. The summed E-state index contributed by atoms with van der Waals surface area (Å²) in [7, 11) is 0. The molecule has 0 amide bonds. The molecule has 0 bridgehead atoms. The van der Waals surface area contributed by atoms with E-state index in [1.165, 1.54) is 12.1 Å². The zero-order chi connectivity index (χ0) is 9.14. The molecule has 0 unspecified atom stereocenters. The molecule has 0 aliphatic rings. The van der Waals surface area contributed by atoms with Crippen LogP contribution in [0.2, 0.25) is 0 Å². The van der Waals surface area contributed by atoms with E-state index in [1.807, 2.05) is 6.92 Å². The second-order valence-corrected chi connectivity index (χ2v) is 2.73. The van der Waals surface area contributed by atoms with Gasteiger partial charge in [-0.15, -0.1) is 0 Å². The van der Waals surface area contributed by atoms with Crippen LogP contribution in [-0.2, 0) is 0 Å². The number of hydrogen-bond acceptors (Lipinski definition) is 2. The van der Waals surface area contributed by atoms with Gasteiger partial charge < -0.3 is 10.8 Å². The number of rotatable bonds is 2. The Balaban J connectivity index is 2.96. The van der Waals surface area contributed by atoms with Crippen LogP contribution >= 0.6 is 0 Å². The van der Waals surface area contributed by atoms with Gasteiger partial charge in [0.25, 0.3) is 0 Å². The van der Waals surface area contributed by atoms with E-state index >= 15 is 0 Å². The van der Waals surface area contributed by atoms with Gasteiger partial charge in [-0.2, -0.15) is 0 Å². The van der Waals surface area contributed by atoms with Crippen LogP contribution < -0.4 is 5.73 Å². The first-order valence-corrected chi connectivity index (χ1v) is 3.89. The monoisotopic (exact) mass is 169 g/mol.